The van der Waals surface area contributed by atoms with Crippen LogP contribution in [0.15, 0.2) is 0 Å². The van der Waals surface area contributed by atoms with Gasteiger partial charge in [0.25, 0.3) is 0 Å². The average Bonchev–Trinajstić information content (AvgIpc) is 2.18. The third-order valence-electron chi connectivity index (χ3n) is 2.48. The van der Waals surface area contributed by atoms with Gasteiger partial charge >= 0.3 is 6.03 Å². The van der Waals surface area contributed by atoms with Crippen molar-refractivity contribution in [2.45, 2.75) is 18.9 Å². The standard InChI is InChI=1S/C9H20N4O/c1-13-6-2-8(3-7-13)12-9(14)11-5-4-10/h8H,2-7,10H2,1H3,(H2,11,12,14). The summed E-state index contributed by atoms with van der Waals surface area (Å²) in [6.07, 6.45) is 2.07. The molecular weight excluding hydrogens is 180 g/mol. The van der Waals surface area contributed by atoms with Crippen LogP contribution in [0.25, 0.3) is 0 Å². The predicted molar refractivity (Wildman–Crippen MR) is 56.1 cm³/mol. The molecule has 0 unspecified atom stereocenters. The summed E-state index contributed by atoms with van der Waals surface area (Å²) in [7, 11) is 2.10. The van der Waals surface area contributed by atoms with E-state index in [1.807, 2.05) is 0 Å². The Labute approximate surface area is 85.0 Å². The van der Waals surface area contributed by atoms with Crippen LogP contribution in [0.3, 0.4) is 0 Å². The molecular formula is C9H20N4O. The number of amides is 2. The lowest BCUT2D eigenvalue weighted by Gasteiger charge is -2.29. The molecule has 1 saturated heterocycles. The molecule has 0 aliphatic carbocycles. The molecule has 0 bridgehead atoms. The summed E-state index contributed by atoms with van der Waals surface area (Å²) >= 11 is 0. The molecule has 0 radical (unpaired) electrons. The molecule has 2 amide bonds. The highest BCUT2D eigenvalue weighted by Gasteiger charge is 2.17. The Kier molecular flexibility index (Phi) is 4.69. The van der Waals surface area contributed by atoms with Crippen LogP contribution in [0.5, 0.6) is 0 Å². The summed E-state index contributed by atoms with van der Waals surface area (Å²) < 4.78 is 0. The summed E-state index contributed by atoms with van der Waals surface area (Å²) in [5.74, 6) is 0. The maximum absolute atomic E-state index is 11.3. The largest absolute Gasteiger partial charge is 0.337 e. The highest BCUT2D eigenvalue weighted by atomic mass is 16.2. The number of nitrogens with one attached hydrogen (secondary N) is 2. The van der Waals surface area contributed by atoms with E-state index in [0.29, 0.717) is 19.1 Å². The van der Waals surface area contributed by atoms with E-state index in [0.717, 1.165) is 25.9 Å². The fourth-order valence-corrected chi connectivity index (χ4v) is 1.58. The SMILES string of the molecule is CN1CCC(NC(=O)NCCN)CC1. The van der Waals surface area contributed by atoms with E-state index in [1.54, 1.807) is 0 Å². The van der Waals surface area contributed by atoms with Gasteiger partial charge in [0, 0.05) is 19.1 Å². The zero-order valence-electron chi connectivity index (χ0n) is 8.75. The summed E-state index contributed by atoms with van der Waals surface area (Å²) in [5, 5.41) is 5.64. The van der Waals surface area contributed by atoms with Crippen LogP contribution in [-0.2, 0) is 0 Å². The number of hydrogen-bond acceptors (Lipinski definition) is 3. The third-order valence-corrected chi connectivity index (χ3v) is 2.48. The molecule has 1 heterocycles. The van der Waals surface area contributed by atoms with E-state index in [-0.39, 0.29) is 6.03 Å². The number of piperidine rings is 1. The van der Waals surface area contributed by atoms with Crippen molar-refractivity contribution in [1.82, 2.24) is 15.5 Å². The van der Waals surface area contributed by atoms with Gasteiger partial charge in [0.1, 0.15) is 0 Å². The van der Waals surface area contributed by atoms with Gasteiger partial charge in [-0.05, 0) is 33.0 Å². The van der Waals surface area contributed by atoms with E-state index in [4.69, 9.17) is 5.73 Å². The van der Waals surface area contributed by atoms with Crippen molar-refractivity contribution in [2.75, 3.05) is 33.2 Å². The van der Waals surface area contributed by atoms with Crippen molar-refractivity contribution in [3.05, 3.63) is 0 Å². The molecule has 14 heavy (non-hydrogen) atoms. The molecule has 82 valence electrons. The second-order valence-corrected chi connectivity index (χ2v) is 3.77. The van der Waals surface area contributed by atoms with Gasteiger partial charge in [-0.2, -0.15) is 0 Å². The smallest absolute Gasteiger partial charge is 0.315 e. The van der Waals surface area contributed by atoms with E-state index in [1.165, 1.54) is 0 Å². The normalized spacial score (nSPS) is 19.3. The molecule has 0 aromatic carbocycles. The predicted octanol–water partition coefficient (Wildman–Crippen LogP) is -0.661. The number of nitrogens with zero attached hydrogens (tertiary/aromatic N) is 1. The van der Waals surface area contributed by atoms with Gasteiger partial charge in [0.2, 0.25) is 0 Å². The Balaban J connectivity index is 2.14. The molecule has 0 aromatic rings. The number of nitrogens with two attached hydrogens (primary N) is 1. The minimum atomic E-state index is -0.0926. The number of carbonyl (C=O) groups is 1. The van der Waals surface area contributed by atoms with Crippen molar-refractivity contribution in [3.8, 4) is 0 Å². The second kappa shape index (κ2) is 5.82. The number of urea groups is 1. The summed E-state index contributed by atoms with van der Waals surface area (Å²) in [5.41, 5.74) is 5.28. The molecule has 4 N–H and O–H groups in total. The van der Waals surface area contributed by atoms with Crippen LogP contribution in [0.4, 0.5) is 4.79 Å². The number of rotatable bonds is 3. The van der Waals surface area contributed by atoms with Crippen LogP contribution < -0.4 is 16.4 Å². The molecule has 0 aromatic heterocycles. The van der Waals surface area contributed by atoms with E-state index in [9.17, 15) is 4.79 Å². The summed E-state index contributed by atoms with van der Waals surface area (Å²) in [4.78, 5) is 13.5. The van der Waals surface area contributed by atoms with Crippen LogP contribution in [0.2, 0.25) is 0 Å². The van der Waals surface area contributed by atoms with Gasteiger partial charge in [-0.25, -0.2) is 4.79 Å². The van der Waals surface area contributed by atoms with Gasteiger partial charge in [-0.1, -0.05) is 0 Å². The van der Waals surface area contributed by atoms with Gasteiger partial charge in [-0.3, -0.25) is 0 Å². The Morgan fingerprint density at radius 2 is 2.14 bits per heavy atom. The molecule has 1 rings (SSSR count). The molecule has 5 nitrogen and oxygen atoms in total. The van der Waals surface area contributed by atoms with E-state index >= 15 is 0 Å². The molecule has 1 aliphatic heterocycles. The first-order chi connectivity index (χ1) is 6.72. The average molecular weight is 200 g/mol. The highest BCUT2D eigenvalue weighted by Crippen LogP contribution is 2.07. The molecule has 1 fully saturated rings. The highest BCUT2D eigenvalue weighted by molar-refractivity contribution is 5.74. The van der Waals surface area contributed by atoms with Crippen molar-refractivity contribution < 1.29 is 4.79 Å². The topological polar surface area (TPSA) is 70.4 Å². The first kappa shape index (κ1) is 11.3. The van der Waals surface area contributed by atoms with Crippen molar-refractivity contribution in [3.63, 3.8) is 0 Å². The zero-order valence-corrected chi connectivity index (χ0v) is 8.75. The van der Waals surface area contributed by atoms with Crippen LogP contribution in [-0.4, -0.2) is 50.2 Å². The fraction of sp³-hybridized carbons (Fsp3) is 0.889. The first-order valence-electron chi connectivity index (χ1n) is 5.15. The van der Waals surface area contributed by atoms with E-state index < -0.39 is 0 Å². The second-order valence-electron chi connectivity index (χ2n) is 3.77. The van der Waals surface area contributed by atoms with Gasteiger partial charge in [0.15, 0.2) is 0 Å². The number of likely N-dealkylation sites (tertiary alicyclic amines) is 1. The Morgan fingerprint density at radius 3 is 2.71 bits per heavy atom. The maximum Gasteiger partial charge on any atom is 0.315 e. The first-order valence-corrected chi connectivity index (χ1v) is 5.15. The fourth-order valence-electron chi connectivity index (χ4n) is 1.58. The summed E-state index contributed by atoms with van der Waals surface area (Å²) in [6, 6.07) is 0.231. The number of hydrogen-bond donors (Lipinski definition) is 3. The minimum Gasteiger partial charge on any atom is -0.337 e. The van der Waals surface area contributed by atoms with Crippen LogP contribution >= 0.6 is 0 Å². The van der Waals surface area contributed by atoms with Gasteiger partial charge < -0.3 is 21.3 Å². The molecule has 5 heteroatoms. The lowest BCUT2D eigenvalue weighted by molar-refractivity contribution is 0.214. The zero-order chi connectivity index (χ0) is 10.4. The van der Waals surface area contributed by atoms with Crippen LogP contribution in [0.1, 0.15) is 12.8 Å². The number of carbonyl (C=O) groups excluding carboxylic acids is 1. The Hall–Kier alpha value is -0.810. The lowest BCUT2D eigenvalue weighted by atomic mass is 10.1. The quantitative estimate of drug-likeness (QED) is 0.566. The van der Waals surface area contributed by atoms with Gasteiger partial charge in [0.05, 0.1) is 0 Å². The van der Waals surface area contributed by atoms with Gasteiger partial charge in [-0.15, -0.1) is 0 Å². The third kappa shape index (κ3) is 3.93. The Morgan fingerprint density at radius 1 is 1.50 bits per heavy atom. The van der Waals surface area contributed by atoms with Crippen LogP contribution in [0, 0.1) is 0 Å². The summed E-state index contributed by atoms with van der Waals surface area (Å²) in [6.45, 7) is 3.14. The molecule has 1 aliphatic rings. The molecule has 0 saturated carbocycles. The molecule has 0 atom stereocenters. The van der Waals surface area contributed by atoms with Crippen molar-refractivity contribution in [2.24, 2.45) is 5.73 Å². The monoisotopic (exact) mass is 200 g/mol. The minimum absolute atomic E-state index is 0.0926. The molecule has 0 spiro atoms. The van der Waals surface area contributed by atoms with Crippen molar-refractivity contribution in [1.29, 1.82) is 0 Å². The van der Waals surface area contributed by atoms with E-state index in [2.05, 4.69) is 22.6 Å². The van der Waals surface area contributed by atoms with Crippen molar-refractivity contribution >= 4 is 6.03 Å². The maximum atomic E-state index is 11.3. The Bertz CT molecular complexity index is 178. The lowest BCUT2D eigenvalue weighted by Crippen LogP contribution is -2.47.